The smallest absolute Gasteiger partial charge is 0.220 e. The minimum absolute atomic E-state index is 0.0603. The molecule has 0 radical (unpaired) electrons. The molecule has 1 heterocycles. The fourth-order valence-corrected chi connectivity index (χ4v) is 1.82. The first-order chi connectivity index (χ1) is 8.41. The molecular formula is C12H20N2O4. The average Bonchev–Trinajstić information content (AvgIpc) is 2.60. The normalized spacial score (nSPS) is 24.9. The SMILES string of the molecule is CC(CCCC(=O)N[C@@H]1C(=O)CO[C@H]1C)C(N)=O. The van der Waals surface area contributed by atoms with Crippen molar-refractivity contribution in [3.8, 4) is 0 Å². The van der Waals surface area contributed by atoms with Crippen molar-refractivity contribution >= 4 is 17.6 Å². The van der Waals surface area contributed by atoms with E-state index in [1.807, 2.05) is 0 Å². The molecule has 6 nitrogen and oxygen atoms in total. The number of nitrogens with one attached hydrogen (secondary N) is 1. The molecular weight excluding hydrogens is 236 g/mol. The highest BCUT2D eigenvalue weighted by atomic mass is 16.5. The summed E-state index contributed by atoms with van der Waals surface area (Å²) in [6.07, 6.45) is 1.17. The summed E-state index contributed by atoms with van der Waals surface area (Å²) in [5.74, 6) is -0.875. The van der Waals surface area contributed by atoms with Crippen LogP contribution in [0.15, 0.2) is 0 Å². The van der Waals surface area contributed by atoms with E-state index < -0.39 is 6.04 Å². The summed E-state index contributed by atoms with van der Waals surface area (Å²) in [5.41, 5.74) is 5.12. The molecule has 18 heavy (non-hydrogen) atoms. The van der Waals surface area contributed by atoms with E-state index in [-0.39, 0.29) is 42.6 Å². The maximum Gasteiger partial charge on any atom is 0.220 e. The number of hydrogen-bond acceptors (Lipinski definition) is 4. The van der Waals surface area contributed by atoms with Crippen molar-refractivity contribution in [2.45, 2.75) is 45.3 Å². The van der Waals surface area contributed by atoms with Gasteiger partial charge < -0.3 is 15.8 Å². The predicted octanol–water partition coefficient (Wildman–Crippen LogP) is -0.249. The summed E-state index contributed by atoms with van der Waals surface area (Å²) in [6.45, 7) is 3.55. The molecule has 0 aromatic carbocycles. The Hall–Kier alpha value is -1.43. The van der Waals surface area contributed by atoms with Crippen molar-refractivity contribution in [3.05, 3.63) is 0 Å². The van der Waals surface area contributed by atoms with E-state index in [1.54, 1.807) is 13.8 Å². The van der Waals surface area contributed by atoms with Crippen LogP contribution in [0.2, 0.25) is 0 Å². The number of ether oxygens (including phenoxy) is 1. The van der Waals surface area contributed by atoms with Crippen molar-refractivity contribution in [1.29, 1.82) is 0 Å². The topological polar surface area (TPSA) is 98.5 Å². The summed E-state index contributed by atoms with van der Waals surface area (Å²) in [4.78, 5) is 33.8. The van der Waals surface area contributed by atoms with Crippen LogP contribution in [0.4, 0.5) is 0 Å². The van der Waals surface area contributed by atoms with Gasteiger partial charge in [-0.3, -0.25) is 14.4 Å². The van der Waals surface area contributed by atoms with E-state index in [1.165, 1.54) is 0 Å². The summed E-state index contributed by atoms with van der Waals surface area (Å²) in [7, 11) is 0. The maximum atomic E-state index is 11.6. The molecule has 1 aliphatic rings. The predicted molar refractivity (Wildman–Crippen MR) is 64.6 cm³/mol. The summed E-state index contributed by atoms with van der Waals surface area (Å²) >= 11 is 0. The van der Waals surface area contributed by atoms with Crippen LogP contribution in [0.1, 0.15) is 33.1 Å². The number of carbonyl (C=O) groups excluding carboxylic acids is 3. The Kier molecular flexibility index (Phi) is 5.27. The van der Waals surface area contributed by atoms with E-state index in [4.69, 9.17) is 10.5 Å². The van der Waals surface area contributed by atoms with Crippen molar-refractivity contribution in [2.75, 3.05) is 6.61 Å². The van der Waals surface area contributed by atoms with Crippen LogP contribution in [0.3, 0.4) is 0 Å². The molecule has 0 aromatic rings. The van der Waals surface area contributed by atoms with Crippen molar-refractivity contribution < 1.29 is 19.1 Å². The second-order valence-electron chi connectivity index (χ2n) is 4.72. The van der Waals surface area contributed by atoms with E-state index in [0.29, 0.717) is 12.8 Å². The number of amides is 2. The van der Waals surface area contributed by atoms with Crippen LogP contribution in [-0.2, 0) is 19.1 Å². The molecule has 0 saturated carbocycles. The fourth-order valence-electron chi connectivity index (χ4n) is 1.82. The highest BCUT2D eigenvalue weighted by Crippen LogP contribution is 2.11. The molecule has 0 bridgehead atoms. The first-order valence-corrected chi connectivity index (χ1v) is 6.14. The van der Waals surface area contributed by atoms with Gasteiger partial charge in [-0.2, -0.15) is 0 Å². The van der Waals surface area contributed by atoms with E-state index in [9.17, 15) is 14.4 Å². The summed E-state index contributed by atoms with van der Waals surface area (Å²) in [5, 5.41) is 2.65. The largest absolute Gasteiger partial charge is 0.369 e. The minimum Gasteiger partial charge on any atom is -0.369 e. The van der Waals surface area contributed by atoms with E-state index in [2.05, 4.69) is 5.32 Å². The van der Waals surface area contributed by atoms with Crippen molar-refractivity contribution in [2.24, 2.45) is 11.7 Å². The van der Waals surface area contributed by atoms with Gasteiger partial charge in [0.1, 0.15) is 12.6 Å². The number of nitrogens with two attached hydrogens (primary N) is 1. The van der Waals surface area contributed by atoms with Gasteiger partial charge in [-0.15, -0.1) is 0 Å². The van der Waals surface area contributed by atoms with Gasteiger partial charge in [-0.05, 0) is 19.8 Å². The molecule has 1 rings (SSSR count). The lowest BCUT2D eigenvalue weighted by molar-refractivity contribution is -0.126. The Balaban J connectivity index is 2.25. The Morgan fingerprint density at radius 2 is 2.22 bits per heavy atom. The van der Waals surface area contributed by atoms with Gasteiger partial charge in [0.15, 0.2) is 5.78 Å². The van der Waals surface area contributed by atoms with Crippen LogP contribution in [0.5, 0.6) is 0 Å². The second-order valence-corrected chi connectivity index (χ2v) is 4.72. The van der Waals surface area contributed by atoms with Gasteiger partial charge in [-0.25, -0.2) is 0 Å². The van der Waals surface area contributed by atoms with Gasteiger partial charge in [-0.1, -0.05) is 6.92 Å². The first-order valence-electron chi connectivity index (χ1n) is 6.14. The number of primary amides is 1. The first kappa shape index (κ1) is 14.6. The Labute approximate surface area is 106 Å². The third-order valence-electron chi connectivity index (χ3n) is 3.15. The lowest BCUT2D eigenvalue weighted by atomic mass is 10.0. The Morgan fingerprint density at radius 3 is 2.72 bits per heavy atom. The molecule has 0 aliphatic carbocycles. The highest BCUT2D eigenvalue weighted by Gasteiger charge is 2.33. The zero-order valence-electron chi connectivity index (χ0n) is 10.8. The molecule has 0 aromatic heterocycles. The van der Waals surface area contributed by atoms with Crippen LogP contribution >= 0.6 is 0 Å². The Bertz CT molecular complexity index is 343. The molecule has 1 unspecified atom stereocenters. The molecule has 1 saturated heterocycles. The standard InChI is InChI=1S/C12H20N2O4/c1-7(12(13)17)4-3-5-10(16)14-11-8(2)18-6-9(11)15/h7-8,11H,3-6H2,1-2H3,(H2,13,17)(H,14,16)/t7?,8-,11-/m0/s1. The van der Waals surface area contributed by atoms with E-state index >= 15 is 0 Å². The quantitative estimate of drug-likeness (QED) is 0.684. The zero-order chi connectivity index (χ0) is 13.7. The molecule has 3 N–H and O–H groups in total. The molecule has 2 amide bonds. The lowest BCUT2D eigenvalue weighted by Crippen LogP contribution is -2.43. The molecule has 1 fully saturated rings. The molecule has 0 spiro atoms. The maximum absolute atomic E-state index is 11.6. The van der Waals surface area contributed by atoms with Crippen LogP contribution in [0, 0.1) is 5.92 Å². The summed E-state index contributed by atoms with van der Waals surface area (Å²) < 4.78 is 5.13. The van der Waals surface area contributed by atoms with Crippen LogP contribution < -0.4 is 11.1 Å². The van der Waals surface area contributed by atoms with Gasteiger partial charge in [0, 0.05) is 12.3 Å². The molecule has 102 valence electrons. The van der Waals surface area contributed by atoms with Crippen molar-refractivity contribution in [3.63, 3.8) is 0 Å². The molecule has 3 atom stereocenters. The van der Waals surface area contributed by atoms with Gasteiger partial charge in [0.05, 0.1) is 6.10 Å². The Morgan fingerprint density at radius 1 is 1.56 bits per heavy atom. The summed E-state index contributed by atoms with van der Waals surface area (Å²) in [6, 6.07) is -0.536. The molecule has 6 heteroatoms. The van der Waals surface area contributed by atoms with E-state index in [0.717, 1.165) is 0 Å². The van der Waals surface area contributed by atoms with Crippen LogP contribution in [0.25, 0.3) is 0 Å². The minimum atomic E-state index is -0.536. The lowest BCUT2D eigenvalue weighted by Gasteiger charge is -2.14. The molecule has 1 aliphatic heterocycles. The van der Waals surface area contributed by atoms with Gasteiger partial charge in [0.2, 0.25) is 11.8 Å². The van der Waals surface area contributed by atoms with Gasteiger partial charge in [0.25, 0.3) is 0 Å². The number of Topliss-reactive ketones (excluding diaryl/α,β-unsaturated/α-hetero) is 1. The zero-order valence-corrected chi connectivity index (χ0v) is 10.8. The fraction of sp³-hybridized carbons (Fsp3) is 0.750. The number of ketones is 1. The number of rotatable bonds is 6. The number of hydrogen-bond donors (Lipinski definition) is 2. The van der Waals surface area contributed by atoms with Gasteiger partial charge >= 0.3 is 0 Å². The van der Waals surface area contributed by atoms with Crippen molar-refractivity contribution in [1.82, 2.24) is 5.32 Å². The third kappa shape index (κ3) is 4.10. The highest BCUT2D eigenvalue weighted by molar-refractivity contribution is 5.91. The van der Waals surface area contributed by atoms with Crippen LogP contribution in [-0.4, -0.2) is 36.4 Å². The average molecular weight is 256 g/mol. The third-order valence-corrected chi connectivity index (χ3v) is 3.15. The monoisotopic (exact) mass is 256 g/mol. The number of carbonyl (C=O) groups is 3. The second kappa shape index (κ2) is 6.49.